The summed E-state index contributed by atoms with van der Waals surface area (Å²) in [5.41, 5.74) is 0.609. The Morgan fingerprint density at radius 2 is 1.71 bits per heavy atom. The number of ether oxygens (including phenoxy) is 3. The predicted octanol–water partition coefficient (Wildman–Crippen LogP) is 3.27. The summed E-state index contributed by atoms with van der Waals surface area (Å²) in [5, 5.41) is 11.6. The third kappa shape index (κ3) is 5.41. The van der Waals surface area contributed by atoms with Gasteiger partial charge >= 0.3 is 5.97 Å². The van der Waals surface area contributed by atoms with E-state index in [0.717, 1.165) is 0 Å². The molecule has 35 heavy (non-hydrogen) atoms. The first-order valence-electron chi connectivity index (χ1n) is 10.7. The highest BCUT2D eigenvalue weighted by molar-refractivity contribution is 6.46. The molecule has 1 amide bonds. The smallest absolute Gasteiger partial charge is 0.308 e. The first-order valence-corrected chi connectivity index (χ1v) is 11.1. The van der Waals surface area contributed by atoms with E-state index in [1.54, 1.807) is 24.3 Å². The number of hydrogen-bond acceptors (Lipinski definition) is 8. The van der Waals surface area contributed by atoms with E-state index in [2.05, 4.69) is 0 Å². The van der Waals surface area contributed by atoms with E-state index in [1.807, 2.05) is 19.0 Å². The van der Waals surface area contributed by atoms with Crippen molar-refractivity contribution in [3.63, 3.8) is 0 Å². The molecule has 1 aliphatic heterocycles. The molecule has 1 N–H and O–H groups in total. The summed E-state index contributed by atoms with van der Waals surface area (Å²) in [7, 11) is 6.52. The summed E-state index contributed by atoms with van der Waals surface area (Å²) in [6.07, 6.45) is 0. The fourth-order valence-corrected chi connectivity index (χ4v) is 4.07. The van der Waals surface area contributed by atoms with Gasteiger partial charge in [-0.2, -0.15) is 0 Å². The molecule has 1 fully saturated rings. The monoisotopic (exact) mass is 502 g/mol. The Balaban J connectivity index is 2.20. The fraction of sp³-hybridized carbons (Fsp3) is 0.320. The summed E-state index contributed by atoms with van der Waals surface area (Å²) >= 11 is 6.19. The lowest BCUT2D eigenvalue weighted by Gasteiger charge is -2.26. The van der Waals surface area contributed by atoms with Crippen LogP contribution in [-0.4, -0.2) is 74.0 Å². The second-order valence-electron chi connectivity index (χ2n) is 8.15. The Kier molecular flexibility index (Phi) is 8.03. The molecule has 10 heteroatoms. The zero-order chi connectivity index (χ0) is 25.9. The van der Waals surface area contributed by atoms with Gasteiger partial charge in [0.2, 0.25) is 0 Å². The number of carbonyl (C=O) groups excluding carboxylic acids is 3. The molecule has 1 atom stereocenters. The van der Waals surface area contributed by atoms with E-state index in [-0.39, 0.29) is 34.2 Å². The van der Waals surface area contributed by atoms with E-state index >= 15 is 0 Å². The minimum atomic E-state index is -0.882. The highest BCUT2D eigenvalue weighted by Gasteiger charge is 2.46. The van der Waals surface area contributed by atoms with E-state index in [4.69, 9.17) is 25.8 Å². The maximum Gasteiger partial charge on any atom is 0.308 e. The van der Waals surface area contributed by atoms with Crippen molar-refractivity contribution >= 4 is 35.0 Å². The number of ketones is 1. The third-order valence-electron chi connectivity index (χ3n) is 5.51. The second-order valence-corrected chi connectivity index (χ2v) is 8.55. The Morgan fingerprint density at radius 3 is 2.26 bits per heavy atom. The van der Waals surface area contributed by atoms with Gasteiger partial charge in [0.05, 0.1) is 36.4 Å². The van der Waals surface area contributed by atoms with Gasteiger partial charge in [0.25, 0.3) is 11.7 Å². The average molecular weight is 503 g/mol. The van der Waals surface area contributed by atoms with Crippen molar-refractivity contribution in [2.24, 2.45) is 0 Å². The van der Waals surface area contributed by atoms with Crippen LogP contribution in [0.25, 0.3) is 5.76 Å². The first kappa shape index (κ1) is 26.1. The van der Waals surface area contributed by atoms with Crippen molar-refractivity contribution in [3.8, 4) is 17.2 Å². The molecule has 3 rings (SSSR count). The number of rotatable bonds is 8. The van der Waals surface area contributed by atoms with Crippen LogP contribution in [0.1, 0.15) is 24.1 Å². The summed E-state index contributed by atoms with van der Waals surface area (Å²) in [4.78, 5) is 40.8. The van der Waals surface area contributed by atoms with Crippen molar-refractivity contribution in [3.05, 3.63) is 58.1 Å². The number of benzene rings is 2. The van der Waals surface area contributed by atoms with Crippen LogP contribution in [-0.2, 0) is 14.4 Å². The highest BCUT2D eigenvalue weighted by Crippen LogP contribution is 2.43. The van der Waals surface area contributed by atoms with Gasteiger partial charge in [-0.3, -0.25) is 14.4 Å². The van der Waals surface area contributed by atoms with Crippen LogP contribution in [0.3, 0.4) is 0 Å². The topological polar surface area (TPSA) is 106 Å². The van der Waals surface area contributed by atoms with Gasteiger partial charge in [-0.25, -0.2) is 0 Å². The molecule has 1 heterocycles. The average Bonchev–Trinajstić information content (AvgIpc) is 3.07. The minimum absolute atomic E-state index is 0.100. The molecule has 0 spiro atoms. The number of amides is 1. The van der Waals surface area contributed by atoms with Gasteiger partial charge in [-0.1, -0.05) is 23.7 Å². The molecule has 2 aromatic carbocycles. The molecular formula is C25H27ClN2O7. The third-order valence-corrected chi connectivity index (χ3v) is 5.81. The number of methoxy groups -OCH3 is 2. The predicted molar refractivity (Wildman–Crippen MR) is 130 cm³/mol. The maximum atomic E-state index is 13.2. The minimum Gasteiger partial charge on any atom is -0.507 e. The lowest BCUT2D eigenvalue weighted by molar-refractivity contribution is -0.140. The Bertz CT molecular complexity index is 1180. The summed E-state index contributed by atoms with van der Waals surface area (Å²) in [6.45, 7) is 2.02. The van der Waals surface area contributed by atoms with Crippen LogP contribution in [0.2, 0.25) is 5.02 Å². The number of likely N-dealkylation sites (N-methyl/N-ethyl adjacent to an activating group) is 1. The summed E-state index contributed by atoms with van der Waals surface area (Å²) in [5.74, 6) is -1.67. The quantitative estimate of drug-likeness (QED) is 0.193. The molecule has 9 nitrogen and oxygen atoms in total. The highest BCUT2D eigenvalue weighted by atomic mass is 35.5. The number of halogens is 1. The molecule has 1 unspecified atom stereocenters. The lowest BCUT2D eigenvalue weighted by Crippen LogP contribution is -2.35. The standard InChI is InChI=1S/C25H27ClN2O7/c1-14(29)35-16-8-6-15(7-9-16)22-21(24(31)25(32)28(22)11-10-27(2)3)23(30)17-12-20(34-5)18(26)13-19(17)33-4/h6-9,12-13,22,30H,10-11H2,1-5H3/b23-21+. The zero-order valence-corrected chi connectivity index (χ0v) is 20.9. The van der Waals surface area contributed by atoms with E-state index in [0.29, 0.717) is 17.9 Å². The van der Waals surface area contributed by atoms with Crippen molar-refractivity contribution in [2.45, 2.75) is 13.0 Å². The van der Waals surface area contributed by atoms with E-state index in [1.165, 1.54) is 38.2 Å². The van der Waals surface area contributed by atoms with Gasteiger partial charge in [-0.15, -0.1) is 0 Å². The van der Waals surface area contributed by atoms with Gasteiger partial charge in [0.1, 0.15) is 23.0 Å². The van der Waals surface area contributed by atoms with Gasteiger partial charge in [-0.05, 0) is 37.9 Å². The SMILES string of the molecule is COc1cc(/C(O)=C2\C(=O)C(=O)N(CCN(C)C)C2c2ccc(OC(C)=O)cc2)c(OC)cc1Cl. The van der Waals surface area contributed by atoms with Gasteiger partial charge in [0.15, 0.2) is 0 Å². The van der Waals surface area contributed by atoms with Crippen molar-refractivity contribution in [2.75, 3.05) is 41.4 Å². The fourth-order valence-electron chi connectivity index (χ4n) is 3.84. The van der Waals surface area contributed by atoms with Crippen LogP contribution >= 0.6 is 11.6 Å². The van der Waals surface area contributed by atoms with Crippen molar-refractivity contribution < 1.29 is 33.7 Å². The Labute approximate surface area is 208 Å². The zero-order valence-electron chi connectivity index (χ0n) is 20.1. The van der Waals surface area contributed by atoms with Crippen LogP contribution in [0.15, 0.2) is 42.0 Å². The molecular weight excluding hydrogens is 476 g/mol. The van der Waals surface area contributed by atoms with Crippen LogP contribution in [0.5, 0.6) is 17.2 Å². The number of aliphatic hydroxyl groups is 1. The van der Waals surface area contributed by atoms with E-state index < -0.39 is 29.5 Å². The first-order chi connectivity index (χ1) is 16.6. The molecule has 0 aliphatic carbocycles. The molecule has 0 radical (unpaired) electrons. The summed E-state index contributed by atoms with van der Waals surface area (Å²) in [6, 6.07) is 8.44. The second kappa shape index (κ2) is 10.8. The number of aliphatic hydroxyl groups excluding tert-OH is 1. The normalized spacial score (nSPS) is 17.1. The molecule has 186 valence electrons. The number of carbonyl (C=O) groups is 3. The molecule has 0 aromatic heterocycles. The molecule has 2 aromatic rings. The van der Waals surface area contributed by atoms with Crippen molar-refractivity contribution in [1.29, 1.82) is 0 Å². The Hall–Kier alpha value is -3.56. The lowest BCUT2D eigenvalue weighted by atomic mass is 9.94. The van der Waals surface area contributed by atoms with Crippen LogP contribution < -0.4 is 14.2 Å². The number of Topliss-reactive ketones (excluding diaryl/α,β-unsaturated/α-hetero) is 1. The van der Waals surface area contributed by atoms with E-state index in [9.17, 15) is 19.5 Å². The molecule has 0 saturated carbocycles. The van der Waals surface area contributed by atoms with Gasteiger partial charge in [0, 0.05) is 26.1 Å². The largest absolute Gasteiger partial charge is 0.507 e. The van der Waals surface area contributed by atoms with Crippen LogP contribution in [0, 0.1) is 0 Å². The number of hydrogen-bond donors (Lipinski definition) is 1. The molecule has 0 bridgehead atoms. The van der Waals surface area contributed by atoms with Crippen molar-refractivity contribution in [1.82, 2.24) is 9.80 Å². The summed E-state index contributed by atoms with van der Waals surface area (Å²) < 4.78 is 15.7. The van der Waals surface area contributed by atoms with Gasteiger partial charge < -0.3 is 29.1 Å². The number of likely N-dealkylation sites (tertiary alicyclic amines) is 1. The Morgan fingerprint density at radius 1 is 1.09 bits per heavy atom. The maximum absolute atomic E-state index is 13.2. The molecule has 1 aliphatic rings. The number of esters is 1. The molecule has 1 saturated heterocycles. The van der Waals surface area contributed by atoms with Crippen LogP contribution in [0.4, 0.5) is 0 Å². The number of nitrogens with zero attached hydrogens (tertiary/aromatic N) is 2.